The van der Waals surface area contributed by atoms with Crippen molar-refractivity contribution in [3.8, 4) is 5.69 Å². The van der Waals surface area contributed by atoms with E-state index in [9.17, 15) is 0 Å². The summed E-state index contributed by atoms with van der Waals surface area (Å²) in [7, 11) is 0. The van der Waals surface area contributed by atoms with Gasteiger partial charge in [0.05, 0.1) is 24.6 Å². The molecular weight excluding hydrogens is 282 g/mol. The van der Waals surface area contributed by atoms with Crippen molar-refractivity contribution < 1.29 is 4.74 Å². The minimum absolute atomic E-state index is 0.565. The molecule has 0 unspecified atom stereocenters. The summed E-state index contributed by atoms with van der Waals surface area (Å²) in [6.07, 6.45) is 0.834. The molecular formula is C12H12BrN3O. The predicted octanol–water partition coefficient (Wildman–Crippen LogP) is 2.29. The summed E-state index contributed by atoms with van der Waals surface area (Å²) in [5.41, 5.74) is 9.15. The highest BCUT2D eigenvalue weighted by molar-refractivity contribution is 9.10. The van der Waals surface area contributed by atoms with Gasteiger partial charge in [0.15, 0.2) is 0 Å². The normalized spacial score (nSPS) is 14.6. The van der Waals surface area contributed by atoms with Crippen LogP contribution in [-0.4, -0.2) is 16.4 Å². The van der Waals surface area contributed by atoms with Crippen molar-refractivity contribution in [3.63, 3.8) is 0 Å². The third kappa shape index (κ3) is 1.85. The van der Waals surface area contributed by atoms with Crippen LogP contribution in [0.25, 0.3) is 5.69 Å². The van der Waals surface area contributed by atoms with Crippen molar-refractivity contribution in [2.45, 2.75) is 13.0 Å². The smallest absolute Gasteiger partial charge is 0.133 e. The number of rotatable bonds is 1. The minimum Gasteiger partial charge on any atom is -0.383 e. The Morgan fingerprint density at radius 3 is 3.06 bits per heavy atom. The molecule has 2 aromatic rings. The molecule has 0 bridgehead atoms. The fourth-order valence-electron chi connectivity index (χ4n) is 2.02. The monoisotopic (exact) mass is 293 g/mol. The molecule has 3 rings (SSSR count). The van der Waals surface area contributed by atoms with Gasteiger partial charge in [0, 0.05) is 16.5 Å². The maximum absolute atomic E-state index is 6.11. The Labute approximate surface area is 108 Å². The van der Waals surface area contributed by atoms with E-state index >= 15 is 0 Å². The van der Waals surface area contributed by atoms with Crippen molar-refractivity contribution >= 4 is 21.7 Å². The van der Waals surface area contributed by atoms with Gasteiger partial charge in [-0.05, 0) is 18.2 Å². The van der Waals surface area contributed by atoms with E-state index in [2.05, 4.69) is 21.0 Å². The van der Waals surface area contributed by atoms with Gasteiger partial charge in [-0.2, -0.15) is 5.10 Å². The Kier molecular flexibility index (Phi) is 2.64. The van der Waals surface area contributed by atoms with Gasteiger partial charge in [0.1, 0.15) is 5.82 Å². The lowest BCUT2D eigenvalue weighted by Crippen LogP contribution is -2.09. The molecule has 0 saturated heterocycles. The molecule has 5 heteroatoms. The topological polar surface area (TPSA) is 53.1 Å². The fraction of sp³-hybridized carbons (Fsp3) is 0.250. The molecule has 0 saturated carbocycles. The number of ether oxygens (including phenoxy) is 1. The predicted molar refractivity (Wildman–Crippen MR) is 69.0 cm³/mol. The molecule has 0 aliphatic carbocycles. The highest BCUT2D eigenvalue weighted by Crippen LogP contribution is 2.26. The van der Waals surface area contributed by atoms with Crippen LogP contribution in [0.2, 0.25) is 0 Å². The van der Waals surface area contributed by atoms with Crippen LogP contribution in [-0.2, 0) is 17.8 Å². The lowest BCUT2D eigenvalue weighted by molar-refractivity contribution is 0.110. The number of aromatic nitrogens is 2. The van der Waals surface area contributed by atoms with Crippen LogP contribution in [0.1, 0.15) is 11.3 Å². The second-order valence-electron chi connectivity index (χ2n) is 4.00. The zero-order chi connectivity index (χ0) is 11.8. The maximum atomic E-state index is 6.11. The average Bonchev–Trinajstić information content (AvgIpc) is 2.68. The van der Waals surface area contributed by atoms with Gasteiger partial charge < -0.3 is 10.5 Å². The molecule has 0 radical (unpaired) electrons. The number of nitrogens with zero attached hydrogens (tertiary/aromatic N) is 2. The van der Waals surface area contributed by atoms with Crippen LogP contribution in [0.3, 0.4) is 0 Å². The standard InChI is InChI=1S/C12H12BrN3O/c13-8-2-1-3-9(6-8)16-12(14)10-7-17-5-4-11(10)15-16/h1-3,6H,4-5,7,14H2. The Hall–Kier alpha value is -1.33. The minimum atomic E-state index is 0.565. The quantitative estimate of drug-likeness (QED) is 0.878. The second-order valence-corrected chi connectivity index (χ2v) is 4.92. The summed E-state index contributed by atoms with van der Waals surface area (Å²) in [6.45, 7) is 1.29. The summed E-state index contributed by atoms with van der Waals surface area (Å²) in [6, 6.07) is 7.93. The molecule has 0 fully saturated rings. The van der Waals surface area contributed by atoms with Gasteiger partial charge in [0.2, 0.25) is 0 Å². The third-order valence-corrected chi connectivity index (χ3v) is 3.38. The molecule has 2 N–H and O–H groups in total. The number of benzene rings is 1. The second kappa shape index (κ2) is 4.16. The molecule has 1 aromatic heterocycles. The maximum Gasteiger partial charge on any atom is 0.133 e. The van der Waals surface area contributed by atoms with Crippen LogP contribution in [0.5, 0.6) is 0 Å². The van der Waals surface area contributed by atoms with Gasteiger partial charge >= 0.3 is 0 Å². The fourth-order valence-corrected chi connectivity index (χ4v) is 2.40. The first kappa shape index (κ1) is 10.8. The molecule has 1 aliphatic heterocycles. The van der Waals surface area contributed by atoms with Crippen LogP contribution in [0.15, 0.2) is 28.7 Å². The molecule has 1 aromatic carbocycles. The summed E-state index contributed by atoms with van der Waals surface area (Å²) in [4.78, 5) is 0. The van der Waals surface area contributed by atoms with E-state index in [4.69, 9.17) is 10.5 Å². The highest BCUT2D eigenvalue weighted by atomic mass is 79.9. The Morgan fingerprint density at radius 1 is 1.41 bits per heavy atom. The zero-order valence-corrected chi connectivity index (χ0v) is 10.8. The highest BCUT2D eigenvalue weighted by Gasteiger charge is 2.19. The van der Waals surface area contributed by atoms with Gasteiger partial charge in [-0.3, -0.25) is 0 Å². The number of fused-ring (bicyclic) bond motifs is 1. The van der Waals surface area contributed by atoms with Gasteiger partial charge in [-0.25, -0.2) is 4.68 Å². The van der Waals surface area contributed by atoms with E-state index in [0.717, 1.165) is 34.4 Å². The lowest BCUT2D eigenvalue weighted by atomic mass is 10.1. The van der Waals surface area contributed by atoms with E-state index in [-0.39, 0.29) is 0 Å². The summed E-state index contributed by atoms with van der Waals surface area (Å²) < 4.78 is 8.20. The van der Waals surface area contributed by atoms with Crippen molar-refractivity contribution in [3.05, 3.63) is 40.0 Å². The lowest BCUT2D eigenvalue weighted by Gasteiger charge is -2.10. The zero-order valence-electron chi connectivity index (χ0n) is 9.19. The Balaban J connectivity index is 2.12. The van der Waals surface area contributed by atoms with E-state index in [1.54, 1.807) is 4.68 Å². The molecule has 1 aliphatic rings. The molecule has 0 spiro atoms. The molecule has 0 atom stereocenters. The van der Waals surface area contributed by atoms with Crippen LogP contribution in [0, 0.1) is 0 Å². The SMILES string of the molecule is Nc1c2c(nn1-c1cccc(Br)c1)CCOC2. The van der Waals surface area contributed by atoms with Crippen LogP contribution >= 0.6 is 15.9 Å². The third-order valence-electron chi connectivity index (χ3n) is 2.89. The van der Waals surface area contributed by atoms with Crippen LogP contribution in [0.4, 0.5) is 5.82 Å². The van der Waals surface area contributed by atoms with Gasteiger partial charge in [-0.1, -0.05) is 22.0 Å². The van der Waals surface area contributed by atoms with E-state index in [0.29, 0.717) is 12.4 Å². The summed E-state index contributed by atoms with van der Waals surface area (Å²) in [5.74, 6) is 0.679. The Bertz CT molecular complexity index is 565. The largest absolute Gasteiger partial charge is 0.383 e. The number of nitrogens with two attached hydrogens (primary N) is 1. The molecule has 0 amide bonds. The van der Waals surface area contributed by atoms with Crippen LogP contribution < -0.4 is 5.73 Å². The van der Waals surface area contributed by atoms with E-state index in [1.807, 2.05) is 24.3 Å². The number of halogens is 1. The molecule has 2 heterocycles. The first-order chi connectivity index (χ1) is 8.25. The summed E-state index contributed by atoms with van der Waals surface area (Å²) >= 11 is 3.45. The molecule has 17 heavy (non-hydrogen) atoms. The van der Waals surface area contributed by atoms with E-state index < -0.39 is 0 Å². The molecule has 4 nitrogen and oxygen atoms in total. The average molecular weight is 294 g/mol. The summed E-state index contributed by atoms with van der Waals surface area (Å²) in [5, 5.41) is 4.55. The number of hydrogen-bond donors (Lipinski definition) is 1. The number of hydrogen-bond acceptors (Lipinski definition) is 3. The van der Waals surface area contributed by atoms with Crippen molar-refractivity contribution in [2.75, 3.05) is 12.3 Å². The first-order valence-electron chi connectivity index (χ1n) is 5.45. The molecule has 88 valence electrons. The number of nitrogen functional groups attached to an aromatic ring is 1. The Morgan fingerprint density at radius 2 is 2.29 bits per heavy atom. The van der Waals surface area contributed by atoms with Crippen molar-refractivity contribution in [2.24, 2.45) is 0 Å². The van der Waals surface area contributed by atoms with Gasteiger partial charge in [-0.15, -0.1) is 0 Å². The first-order valence-corrected chi connectivity index (χ1v) is 6.25. The van der Waals surface area contributed by atoms with Crippen molar-refractivity contribution in [1.82, 2.24) is 9.78 Å². The van der Waals surface area contributed by atoms with Crippen molar-refractivity contribution in [1.29, 1.82) is 0 Å². The van der Waals surface area contributed by atoms with Gasteiger partial charge in [0.25, 0.3) is 0 Å². The number of anilines is 1. The van der Waals surface area contributed by atoms with E-state index in [1.165, 1.54) is 0 Å².